The Morgan fingerprint density at radius 1 is 0.871 bits per heavy atom. The zero-order chi connectivity index (χ0) is 21.8. The molecule has 1 heterocycles. The molecule has 0 radical (unpaired) electrons. The molecule has 0 fully saturated rings. The lowest BCUT2D eigenvalue weighted by molar-refractivity contribution is -0.118. The first kappa shape index (κ1) is 20.3. The van der Waals surface area contributed by atoms with Crippen molar-refractivity contribution in [3.05, 3.63) is 83.4 Å². The molecular formula is C25H23N3O3. The molecule has 0 aliphatic carbocycles. The lowest BCUT2D eigenvalue weighted by Crippen LogP contribution is -2.21. The summed E-state index contributed by atoms with van der Waals surface area (Å²) in [4.78, 5) is 12.3. The lowest BCUT2D eigenvalue weighted by Gasteiger charge is -2.13. The number of benzene rings is 3. The van der Waals surface area contributed by atoms with Gasteiger partial charge < -0.3 is 14.5 Å². The van der Waals surface area contributed by atoms with Crippen LogP contribution < -0.4 is 10.1 Å². The average Bonchev–Trinajstić information content (AvgIpc) is 3.26. The van der Waals surface area contributed by atoms with E-state index < -0.39 is 0 Å². The predicted octanol–water partition coefficient (Wildman–Crippen LogP) is 5.35. The fraction of sp³-hybridized carbons (Fsp3) is 0.160. The van der Waals surface area contributed by atoms with Crippen molar-refractivity contribution in [2.75, 3.05) is 11.9 Å². The van der Waals surface area contributed by atoms with Gasteiger partial charge in [0.1, 0.15) is 5.75 Å². The van der Waals surface area contributed by atoms with E-state index in [-0.39, 0.29) is 12.5 Å². The number of carbonyl (C=O) groups is 1. The van der Waals surface area contributed by atoms with E-state index in [1.807, 2.05) is 75.4 Å². The van der Waals surface area contributed by atoms with E-state index in [1.54, 1.807) is 12.1 Å². The lowest BCUT2D eigenvalue weighted by atomic mass is 10.1. The van der Waals surface area contributed by atoms with E-state index in [0.717, 1.165) is 27.9 Å². The minimum absolute atomic E-state index is 0.0786. The third-order valence-corrected chi connectivity index (χ3v) is 4.86. The van der Waals surface area contributed by atoms with Gasteiger partial charge in [0.15, 0.2) is 6.61 Å². The number of carbonyl (C=O) groups excluding carboxylic acids is 1. The van der Waals surface area contributed by atoms with Crippen molar-refractivity contribution in [1.82, 2.24) is 10.2 Å². The second kappa shape index (κ2) is 8.83. The average molecular weight is 413 g/mol. The van der Waals surface area contributed by atoms with Gasteiger partial charge in [-0.25, -0.2) is 0 Å². The normalized spacial score (nSPS) is 10.7. The van der Waals surface area contributed by atoms with Gasteiger partial charge in [-0.3, -0.25) is 4.79 Å². The highest BCUT2D eigenvalue weighted by Gasteiger charge is 2.12. The molecule has 156 valence electrons. The van der Waals surface area contributed by atoms with Gasteiger partial charge >= 0.3 is 0 Å². The van der Waals surface area contributed by atoms with Crippen LogP contribution in [0.1, 0.15) is 16.7 Å². The second-order valence-corrected chi connectivity index (χ2v) is 7.41. The molecule has 6 nitrogen and oxygen atoms in total. The third-order valence-electron chi connectivity index (χ3n) is 4.86. The van der Waals surface area contributed by atoms with Crippen LogP contribution in [-0.2, 0) is 4.79 Å². The Bertz CT molecular complexity index is 1180. The van der Waals surface area contributed by atoms with E-state index in [2.05, 4.69) is 15.5 Å². The maximum absolute atomic E-state index is 12.3. The van der Waals surface area contributed by atoms with Gasteiger partial charge in [-0.05, 0) is 68.3 Å². The summed E-state index contributed by atoms with van der Waals surface area (Å²) in [6.45, 7) is 5.92. The summed E-state index contributed by atoms with van der Waals surface area (Å²) >= 11 is 0. The zero-order valence-electron chi connectivity index (χ0n) is 17.7. The Hall–Kier alpha value is -3.93. The van der Waals surface area contributed by atoms with E-state index in [1.165, 1.54) is 5.56 Å². The summed E-state index contributed by atoms with van der Waals surface area (Å²) in [5.74, 6) is 1.27. The van der Waals surface area contributed by atoms with Gasteiger partial charge in [-0.1, -0.05) is 35.9 Å². The molecule has 0 aliphatic rings. The fourth-order valence-electron chi connectivity index (χ4n) is 3.43. The standard InChI is InChI=1S/C25H23N3O3/c1-16-13-17(2)23(18(3)14-16)26-22(29)15-30-21-11-9-20(10-12-21)25-28-27-24(31-25)19-7-5-4-6-8-19/h4-14H,15H2,1-3H3,(H,26,29). The van der Waals surface area contributed by atoms with Gasteiger partial charge in [0.2, 0.25) is 11.8 Å². The van der Waals surface area contributed by atoms with Crippen molar-refractivity contribution in [3.8, 4) is 28.7 Å². The van der Waals surface area contributed by atoms with Crippen LogP contribution in [0.3, 0.4) is 0 Å². The Balaban J connectivity index is 1.37. The molecule has 1 amide bonds. The van der Waals surface area contributed by atoms with Crippen molar-refractivity contribution >= 4 is 11.6 Å². The SMILES string of the molecule is Cc1cc(C)c(NC(=O)COc2ccc(-c3nnc(-c4ccccc4)o3)cc2)c(C)c1. The van der Waals surface area contributed by atoms with Crippen LogP contribution in [0.2, 0.25) is 0 Å². The summed E-state index contributed by atoms with van der Waals surface area (Å²) in [6, 6.07) is 20.9. The zero-order valence-corrected chi connectivity index (χ0v) is 17.7. The molecule has 0 aliphatic heterocycles. The van der Waals surface area contributed by atoms with E-state index in [4.69, 9.17) is 9.15 Å². The molecule has 0 unspecified atom stereocenters. The molecule has 31 heavy (non-hydrogen) atoms. The number of aryl methyl sites for hydroxylation is 3. The number of hydrogen-bond donors (Lipinski definition) is 1. The first-order valence-corrected chi connectivity index (χ1v) is 9.99. The highest BCUT2D eigenvalue weighted by atomic mass is 16.5. The van der Waals surface area contributed by atoms with Crippen molar-refractivity contribution in [1.29, 1.82) is 0 Å². The number of anilines is 1. The number of nitrogens with one attached hydrogen (secondary N) is 1. The Kier molecular flexibility index (Phi) is 5.80. The number of amides is 1. The molecule has 0 spiro atoms. The van der Waals surface area contributed by atoms with Crippen LogP contribution in [0.15, 0.2) is 71.1 Å². The van der Waals surface area contributed by atoms with Crippen LogP contribution in [0, 0.1) is 20.8 Å². The number of nitrogens with zero attached hydrogens (tertiary/aromatic N) is 2. The van der Waals surface area contributed by atoms with Gasteiger partial charge in [0.05, 0.1) is 0 Å². The molecule has 4 rings (SSSR count). The number of ether oxygens (including phenoxy) is 1. The van der Waals surface area contributed by atoms with Gasteiger partial charge in [-0.15, -0.1) is 10.2 Å². The predicted molar refractivity (Wildman–Crippen MR) is 120 cm³/mol. The van der Waals surface area contributed by atoms with E-state index >= 15 is 0 Å². The molecule has 1 N–H and O–H groups in total. The van der Waals surface area contributed by atoms with E-state index in [0.29, 0.717) is 17.5 Å². The third kappa shape index (κ3) is 4.80. The van der Waals surface area contributed by atoms with Crippen molar-refractivity contribution in [3.63, 3.8) is 0 Å². The topological polar surface area (TPSA) is 77.2 Å². The summed E-state index contributed by atoms with van der Waals surface area (Å²) in [6.07, 6.45) is 0. The number of hydrogen-bond acceptors (Lipinski definition) is 5. The summed E-state index contributed by atoms with van der Waals surface area (Å²) in [5, 5.41) is 11.2. The molecule has 0 bridgehead atoms. The van der Waals surface area contributed by atoms with Crippen LogP contribution in [0.4, 0.5) is 5.69 Å². The van der Waals surface area contributed by atoms with Crippen LogP contribution >= 0.6 is 0 Å². The molecule has 0 atom stereocenters. The first-order chi connectivity index (χ1) is 15.0. The maximum Gasteiger partial charge on any atom is 0.262 e. The van der Waals surface area contributed by atoms with Crippen LogP contribution in [-0.4, -0.2) is 22.7 Å². The minimum Gasteiger partial charge on any atom is -0.484 e. The molecule has 0 saturated heterocycles. The molecular weight excluding hydrogens is 390 g/mol. The van der Waals surface area contributed by atoms with Crippen molar-refractivity contribution < 1.29 is 13.9 Å². The molecule has 0 saturated carbocycles. The second-order valence-electron chi connectivity index (χ2n) is 7.41. The fourth-order valence-corrected chi connectivity index (χ4v) is 3.43. The Morgan fingerprint density at radius 3 is 2.06 bits per heavy atom. The summed E-state index contributed by atoms with van der Waals surface area (Å²) in [7, 11) is 0. The number of aromatic nitrogens is 2. The molecule has 4 aromatic rings. The summed E-state index contributed by atoms with van der Waals surface area (Å²) in [5.41, 5.74) is 5.71. The minimum atomic E-state index is -0.205. The first-order valence-electron chi connectivity index (χ1n) is 9.99. The van der Waals surface area contributed by atoms with Gasteiger partial charge in [-0.2, -0.15) is 0 Å². The Labute approximate surface area is 180 Å². The van der Waals surface area contributed by atoms with Crippen LogP contribution in [0.5, 0.6) is 5.75 Å². The van der Waals surface area contributed by atoms with Crippen molar-refractivity contribution in [2.45, 2.75) is 20.8 Å². The Morgan fingerprint density at radius 2 is 1.45 bits per heavy atom. The quantitative estimate of drug-likeness (QED) is 0.461. The smallest absolute Gasteiger partial charge is 0.262 e. The number of rotatable bonds is 6. The van der Waals surface area contributed by atoms with Gasteiger partial charge in [0, 0.05) is 16.8 Å². The molecule has 1 aromatic heterocycles. The van der Waals surface area contributed by atoms with Gasteiger partial charge in [0.25, 0.3) is 5.91 Å². The monoisotopic (exact) mass is 413 g/mol. The van der Waals surface area contributed by atoms with Crippen LogP contribution in [0.25, 0.3) is 22.9 Å². The highest BCUT2D eigenvalue weighted by molar-refractivity contribution is 5.93. The largest absolute Gasteiger partial charge is 0.484 e. The molecule has 6 heteroatoms. The highest BCUT2D eigenvalue weighted by Crippen LogP contribution is 2.25. The molecule has 3 aromatic carbocycles. The maximum atomic E-state index is 12.3. The van der Waals surface area contributed by atoms with Crippen molar-refractivity contribution in [2.24, 2.45) is 0 Å². The summed E-state index contributed by atoms with van der Waals surface area (Å²) < 4.78 is 11.4. The van der Waals surface area contributed by atoms with E-state index in [9.17, 15) is 4.79 Å².